The highest BCUT2D eigenvalue weighted by Crippen LogP contribution is 2.40. The van der Waals surface area contributed by atoms with E-state index >= 15 is 0 Å². The average Bonchev–Trinajstić information content (AvgIpc) is 3.31. The molecule has 1 saturated carbocycles. The minimum absolute atomic E-state index is 0.0279. The molecule has 1 fully saturated rings. The fourth-order valence-electron chi connectivity index (χ4n) is 4.28. The largest absolute Gasteiger partial charge is 0.352 e. The summed E-state index contributed by atoms with van der Waals surface area (Å²) in [5.74, 6) is 0.919. The summed E-state index contributed by atoms with van der Waals surface area (Å²) in [6.07, 6.45) is 8.22. The fourth-order valence-corrected chi connectivity index (χ4v) is 4.28. The second kappa shape index (κ2) is 8.15. The highest BCUT2D eigenvalue weighted by molar-refractivity contribution is 5.99. The number of carbonyl (C=O) groups is 1. The first-order chi connectivity index (χ1) is 15.1. The van der Waals surface area contributed by atoms with Crippen molar-refractivity contribution < 1.29 is 4.79 Å². The molecule has 1 aliphatic carbocycles. The lowest BCUT2D eigenvalue weighted by Crippen LogP contribution is -2.27. The maximum atomic E-state index is 12.7. The molecule has 0 unspecified atom stereocenters. The summed E-state index contributed by atoms with van der Waals surface area (Å²) >= 11 is 0. The van der Waals surface area contributed by atoms with Gasteiger partial charge < -0.3 is 19.8 Å². The van der Waals surface area contributed by atoms with E-state index in [4.69, 9.17) is 4.98 Å². The number of benzene rings is 1. The van der Waals surface area contributed by atoms with Crippen LogP contribution in [-0.2, 0) is 0 Å². The zero-order chi connectivity index (χ0) is 21.4. The SMILES string of the molecule is CN(C)CCCNC(=O)c1ccc2nc(-c3c[nH]c4ncccc34)n(C3CCC3)c2c1. The van der Waals surface area contributed by atoms with Crippen LogP contribution < -0.4 is 5.32 Å². The third kappa shape index (κ3) is 3.70. The van der Waals surface area contributed by atoms with Crippen LogP contribution in [0, 0.1) is 0 Å². The van der Waals surface area contributed by atoms with Crippen molar-refractivity contribution in [3.63, 3.8) is 0 Å². The fraction of sp³-hybridized carbons (Fsp3) is 0.375. The number of amides is 1. The molecule has 0 atom stereocenters. The van der Waals surface area contributed by atoms with E-state index in [0.29, 0.717) is 18.2 Å². The number of aromatic nitrogens is 4. The lowest BCUT2D eigenvalue weighted by molar-refractivity contribution is 0.0952. The molecule has 5 rings (SSSR count). The predicted molar refractivity (Wildman–Crippen MR) is 123 cm³/mol. The maximum absolute atomic E-state index is 12.7. The Balaban J connectivity index is 1.52. The third-order valence-electron chi connectivity index (χ3n) is 6.15. The first kappa shape index (κ1) is 19.8. The predicted octanol–water partition coefficient (Wildman–Crippen LogP) is 3.99. The molecule has 1 amide bonds. The molecule has 31 heavy (non-hydrogen) atoms. The van der Waals surface area contributed by atoms with E-state index in [2.05, 4.69) is 30.8 Å². The Morgan fingerprint density at radius 3 is 2.94 bits per heavy atom. The molecule has 160 valence electrons. The van der Waals surface area contributed by atoms with Gasteiger partial charge in [0.05, 0.1) is 11.0 Å². The molecule has 3 heterocycles. The summed E-state index contributed by atoms with van der Waals surface area (Å²) in [5.41, 5.74) is 4.55. The van der Waals surface area contributed by atoms with Gasteiger partial charge in [0, 0.05) is 41.5 Å². The number of carbonyl (C=O) groups excluding carboxylic acids is 1. The Labute approximate surface area is 181 Å². The van der Waals surface area contributed by atoms with Crippen molar-refractivity contribution >= 4 is 28.0 Å². The van der Waals surface area contributed by atoms with Gasteiger partial charge in [0.25, 0.3) is 5.91 Å². The quantitative estimate of drug-likeness (QED) is 0.447. The van der Waals surface area contributed by atoms with Crippen molar-refractivity contribution in [1.82, 2.24) is 29.7 Å². The Hall–Kier alpha value is -3.19. The number of nitrogens with zero attached hydrogens (tertiary/aromatic N) is 4. The van der Waals surface area contributed by atoms with Crippen LogP contribution in [-0.4, -0.2) is 57.5 Å². The summed E-state index contributed by atoms with van der Waals surface area (Å²) in [6.45, 7) is 1.63. The second-order valence-corrected chi connectivity index (χ2v) is 8.61. The number of H-pyrrole nitrogens is 1. The monoisotopic (exact) mass is 416 g/mol. The molecule has 1 aliphatic rings. The molecule has 1 aromatic carbocycles. The first-order valence-electron chi connectivity index (χ1n) is 11.0. The molecule has 0 spiro atoms. The number of hydrogen-bond acceptors (Lipinski definition) is 4. The maximum Gasteiger partial charge on any atom is 0.251 e. The minimum Gasteiger partial charge on any atom is -0.352 e. The minimum atomic E-state index is -0.0279. The first-order valence-corrected chi connectivity index (χ1v) is 11.0. The van der Waals surface area contributed by atoms with Gasteiger partial charge in [0.15, 0.2) is 0 Å². The number of rotatable bonds is 7. The highest BCUT2D eigenvalue weighted by Gasteiger charge is 2.27. The topological polar surface area (TPSA) is 78.8 Å². The Bertz CT molecular complexity index is 1230. The summed E-state index contributed by atoms with van der Waals surface area (Å²) in [7, 11) is 4.08. The number of imidazole rings is 1. The molecule has 4 aromatic rings. The van der Waals surface area contributed by atoms with E-state index in [-0.39, 0.29) is 5.91 Å². The van der Waals surface area contributed by atoms with Crippen LogP contribution in [0.3, 0.4) is 0 Å². The average molecular weight is 417 g/mol. The second-order valence-electron chi connectivity index (χ2n) is 8.61. The molecule has 2 N–H and O–H groups in total. The molecule has 0 saturated heterocycles. The van der Waals surface area contributed by atoms with Gasteiger partial charge in [-0.2, -0.15) is 0 Å². The summed E-state index contributed by atoms with van der Waals surface area (Å²) < 4.78 is 2.33. The van der Waals surface area contributed by atoms with Crippen LogP contribution in [0.5, 0.6) is 0 Å². The number of pyridine rings is 1. The zero-order valence-corrected chi connectivity index (χ0v) is 18.1. The van der Waals surface area contributed by atoms with Crippen molar-refractivity contribution in [2.45, 2.75) is 31.7 Å². The van der Waals surface area contributed by atoms with Gasteiger partial charge in [0.1, 0.15) is 11.5 Å². The lowest BCUT2D eigenvalue weighted by atomic mass is 9.92. The van der Waals surface area contributed by atoms with Gasteiger partial charge in [-0.1, -0.05) is 0 Å². The normalized spacial score (nSPS) is 14.4. The van der Waals surface area contributed by atoms with Crippen molar-refractivity contribution in [1.29, 1.82) is 0 Å². The van der Waals surface area contributed by atoms with E-state index in [1.54, 1.807) is 6.20 Å². The van der Waals surface area contributed by atoms with E-state index in [1.807, 2.05) is 44.6 Å². The van der Waals surface area contributed by atoms with Gasteiger partial charge >= 0.3 is 0 Å². The van der Waals surface area contributed by atoms with Gasteiger partial charge in [0.2, 0.25) is 0 Å². The van der Waals surface area contributed by atoms with Gasteiger partial charge in [-0.05, 0) is 76.7 Å². The Kier molecular flexibility index (Phi) is 5.19. The summed E-state index contributed by atoms with van der Waals surface area (Å²) in [6, 6.07) is 10.3. The molecule has 7 nitrogen and oxygen atoms in total. The van der Waals surface area contributed by atoms with Crippen LogP contribution in [0.4, 0.5) is 0 Å². The number of fused-ring (bicyclic) bond motifs is 2. The van der Waals surface area contributed by atoms with Crippen molar-refractivity contribution in [2.24, 2.45) is 0 Å². The molecule has 3 aromatic heterocycles. The summed E-state index contributed by atoms with van der Waals surface area (Å²) in [4.78, 5) is 27.5. The van der Waals surface area contributed by atoms with Crippen LogP contribution in [0.2, 0.25) is 0 Å². The number of hydrogen-bond donors (Lipinski definition) is 2. The number of nitrogens with one attached hydrogen (secondary N) is 2. The molecular weight excluding hydrogens is 388 g/mol. The third-order valence-corrected chi connectivity index (χ3v) is 6.15. The Morgan fingerprint density at radius 1 is 1.29 bits per heavy atom. The van der Waals surface area contributed by atoms with Crippen LogP contribution >= 0.6 is 0 Å². The summed E-state index contributed by atoms with van der Waals surface area (Å²) in [5, 5.41) is 4.11. The molecule has 0 bridgehead atoms. The smallest absolute Gasteiger partial charge is 0.251 e. The van der Waals surface area contributed by atoms with E-state index in [1.165, 1.54) is 6.42 Å². The van der Waals surface area contributed by atoms with Gasteiger partial charge in [-0.15, -0.1) is 0 Å². The number of aromatic amines is 1. The highest BCUT2D eigenvalue weighted by atomic mass is 16.1. The van der Waals surface area contributed by atoms with E-state index < -0.39 is 0 Å². The van der Waals surface area contributed by atoms with Crippen molar-refractivity contribution in [2.75, 3.05) is 27.2 Å². The van der Waals surface area contributed by atoms with Crippen molar-refractivity contribution in [3.05, 3.63) is 48.3 Å². The van der Waals surface area contributed by atoms with Crippen molar-refractivity contribution in [3.8, 4) is 11.4 Å². The van der Waals surface area contributed by atoms with Crippen LogP contribution in [0.15, 0.2) is 42.7 Å². The lowest BCUT2D eigenvalue weighted by Gasteiger charge is -2.29. The molecule has 0 aliphatic heterocycles. The molecular formula is C24H28N6O. The van der Waals surface area contributed by atoms with Gasteiger partial charge in [-0.25, -0.2) is 9.97 Å². The van der Waals surface area contributed by atoms with Crippen LogP contribution in [0.25, 0.3) is 33.5 Å². The van der Waals surface area contributed by atoms with E-state index in [9.17, 15) is 4.79 Å². The Morgan fingerprint density at radius 2 is 2.16 bits per heavy atom. The molecule has 0 radical (unpaired) electrons. The zero-order valence-electron chi connectivity index (χ0n) is 18.1. The van der Waals surface area contributed by atoms with E-state index in [0.717, 1.165) is 59.3 Å². The van der Waals surface area contributed by atoms with Gasteiger partial charge in [-0.3, -0.25) is 4.79 Å². The van der Waals surface area contributed by atoms with Crippen LogP contribution in [0.1, 0.15) is 42.1 Å². The molecule has 7 heteroatoms. The standard InChI is InChI=1S/C24H28N6O/c1-29(2)13-5-12-26-24(31)16-9-10-20-21(14-16)30(17-6-3-7-17)23(28-20)19-15-27-22-18(19)8-4-11-25-22/h4,8-11,14-15,17H,3,5-7,12-13H2,1-2H3,(H,25,27)(H,26,31).